The van der Waals surface area contributed by atoms with Crippen LogP contribution in [0.15, 0.2) is 24.3 Å². The van der Waals surface area contributed by atoms with E-state index in [1.807, 2.05) is 34.0 Å². The second-order valence-electron chi connectivity index (χ2n) is 9.62. The van der Waals surface area contributed by atoms with Crippen molar-refractivity contribution in [2.75, 3.05) is 12.0 Å². The summed E-state index contributed by atoms with van der Waals surface area (Å²) in [5, 5.41) is 5.64. The second-order valence-corrected chi connectivity index (χ2v) is 10.6. The van der Waals surface area contributed by atoms with Gasteiger partial charge in [0.05, 0.1) is 0 Å². The average molecular weight is 490 g/mol. The van der Waals surface area contributed by atoms with Gasteiger partial charge in [0.2, 0.25) is 11.8 Å². The number of nitrogens with zero attached hydrogens (tertiary/aromatic N) is 1. The van der Waals surface area contributed by atoms with Gasteiger partial charge in [0.15, 0.2) is 0 Å². The van der Waals surface area contributed by atoms with E-state index in [4.69, 9.17) is 11.2 Å². The van der Waals surface area contributed by atoms with E-state index in [1.165, 1.54) is 4.90 Å². The Bertz CT molecular complexity index is 887. The summed E-state index contributed by atoms with van der Waals surface area (Å²) >= 11 is 1.56. The van der Waals surface area contributed by atoms with Crippen LogP contribution in [0.25, 0.3) is 0 Å². The number of carbonyl (C=O) groups is 3. The molecule has 2 unspecified atom stereocenters. The van der Waals surface area contributed by atoms with Gasteiger partial charge in [0.1, 0.15) is 17.7 Å². The van der Waals surface area contributed by atoms with Gasteiger partial charge < -0.3 is 20.3 Å². The minimum atomic E-state index is -0.959. The molecule has 8 heteroatoms. The number of hydrogen-bond acceptors (Lipinski definition) is 5. The van der Waals surface area contributed by atoms with Crippen LogP contribution in [0.3, 0.4) is 0 Å². The van der Waals surface area contributed by atoms with Crippen LogP contribution in [0.1, 0.15) is 72.1 Å². The number of amides is 3. The van der Waals surface area contributed by atoms with Crippen molar-refractivity contribution >= 4 is 29.7 Å². The normalized spacial score (nSPS) is 13.1. The first-order valence-corrected chi connectivity index (χ1v) is 12.9. The van der Waals surface area contributed by atoms with Gasteiger partial charge >= 0.3 is 6.09 Å². The molecule has 0 heterocycles. The molecule has 0 saturated carbocycles. The second kappa shape index (κ2) is 13.3. The first kappa shape index (κ1) is 29.4. The number of carbonyl (C=O) groups excluding carboxylic acids is 3. The van der Waals surface area contributed by atoms with Gasteiger partial charge in [-0.25, -0.2) is 4.79 Å². The van der Waals surface area contributed by atoms with Crippen molar-refractivity contribution in [3.05, 3.63) is 35.4 Å². The smallest absolute Gasteiger partial charge is 0.408 e. The molecular formula is C26H39N3O4S. The first-order valence-electron chi connectivity index (χ1n) is 11.5. The lowest BCUT2D eigenvalue weighted by molar-refractivity contribution is -0.144. The maximum absolute atomic E-state index is 13.9. The van der Waals surface area contributed by atoms with E-state index in [2.05, 4.69) is 16.6 Å². The molecule has 34 heavy (non-hydrogen) atoms. The molecule has 2 N–H and O–H groups in total. The third kappa shape index (κ3) is 8.94. The molecular weight excluding hydrogens is 450 g/mol. The quantitative estimate of drug-likeness (QED) is 0.483. The summed E-state index contributed by atoms with van der Waals surface area (Å²) in [7, 11) is 0. The summed E-state index contributed by atoms with van der Waals surface area (Å²) in [6.45, 7) is 12.7. The molecule has 0 spiro atoms. The Kier molecular flexibility index (Phi) is 11.5. The Balaban J connectivity index is 3.50. The van der Waals surface area contributed by atoms with Crippen LogP contribution >= 0.6 is 11.8 Å². The molecule has 7 nitrogen and oxygen atoms in total. The molecule has 0 aliphatic rings. The summed E-state index contributed by atoms with van der Waals surface area (Å²) in [6.07, 6.45) is 7.37. The molecule has 1 aromatic rings. The number of alkyl carbamates (subject to hydrolysis) is 1. The summed E-state index contributed by atoms with van der Waals surface area (Å²) < 4.78 is 5.39. The highest BCUT2D eigenvalue weighted by atomic mass is 32.2. The van der Waals surface area contributed by atoms with Gasteiger partial charge in [-0.3, -0.25) is 9.59 Å². The third-order valence-electron chi connectivity index (χ3n) is 4.78. The molecule has 0 aliphatic carbocycles. The maximum Gasteiger partial charge on any atom is 0.408 e. The maximum atomic E-state index is 13.9. The highest BCUT2D eigenvalue weighted by molar-refractivity contribution is 7.98. The Morgan fingerprint density at radius 1 is 1.12 bits per heavy atom. The minimum Gasteiger partial charge on any atom is -0.444 e. The van der Waals surface area contributed by atoms with Crippen molar-refractivity contribution < 1.29 is 19.1 Å². The van der Waals surface area contributed by atoms with Crippen molar-refractivity contribution in [1.29, 1.82) is 0 Å². The highest BCUT2D eigenvalue weighted by Gasteiger charge is 2.38. The fourth-order valence-corrected chi connectivity index (χ4v) is 3.92. The van der Waals surface area contributed by atoms with Gasteiger partial charge in [0.25, 0.3) is 0 Å². The predicted molar refractivity (Wildman–Crippen MR) is 139 cm³/mol. The fraction of sp³-hybridized carbons (Fsp3) is 0.577. The van der Waals surface area contributed by atoms with Crippen LogP contribution in [-0.2, 0) is 14.3 Å². The van der Waals surface area contributed by atoms with Crippen LogP contribution < -0.4 is 10.6 Å². The molecule has 3 amide bonds. The summed E-state index contributed by atoms with van der Waals surface area (Å²) in [5.74, 6) is 2.57. The molecule has 0 aliphatic heterocycles. The average Bonchev–Trinajstić information content (AvgIpc) is 2.72. The summed E-state index contributed by atoms with van der Waals surface area (Å²) in [5.41, 5.74) is 0.386. The number of ether oxygens (including phenoxy) is 1. The van der Waals surface area contributed by atoms with Crippen LogP contribution in [0, 0.1) is 12.3 Å². The van der Waals surface area contributed by atoms with E-state index in [0.29, 0.717) is 23.3 Å². The number of terminal acetylenes is 1. The van der Waals surface area contributed by atoms with Gasteiger partial charge in [-0.05, 0) is 78.5 Å². The van der Waals surface area contributed by atoms with Gasteiger partial charge in [-0.1, -0.05) is 24.1 Å². The van der Waals surface area contributed by atoms with Crippen molar-refractivity contribution in [2.45, 2.75) is 84.7 Å². The molecule has 0 saturated heterocycles. The van der Waals surface area contributed by atoms with E-state index in [-0.39, 0.29) is 23.9 Å². The van der Waals surface area contributed by atoms with Crippen molar-refractivity contribution in [3.63, 3.8) is 0 Å². The van der Waals surface area contributed by atoms with E-state index in [0.717, 1.165) is 0 Å². The number of rotatable bonds is 10. The third-order valence-corrected chi connectivity index (χ3v) is 5.42. The zero-order valence-corrected chi connectivity index (χ0v) is 22.4. The standard InChI is InChI=1S/C26H39N3O4S/c1-10-19-13-11-12-14-20(19)22(23(30)27-17(2)3)29(18(4)5)24(31)21(15-16-34-9)28-25(32)33-26(6,7)8/h1,11-14,17-18,21-22H,15-16H2,2-9H3,(H,27,30)(H,28,32). The van der Waals surface area contributed by atoms with E-state index < -0.39 is 23.8 Å². The molecule has 188 valence electrons. The van der Waals surface area contributed by atoms with E-state index in [1.54, 1.807) is 56.8 Å². The fourth-order valence-electron chi connectivity index (χ4n) is 3.45. The minimum absolute atomic E-state index is 0.135. The zero-order valence-electron chi connectivity index (χ0n) is 21.6. The monoisotopic (exact) mass is 489 g/mol. The van der Waals surface area contributed by atoms with Crippen LogP contribution in [0.5, 0.6) is 0 Å². The molecule has 1 aromatic carbocycles. The Morgan fingerprint density at radius 3 is 2.24 bits per heavy atom. The number of nitrogens with one attached hydrogen (secondary N) is 2. The lowest BCUT2D eigenvalue weighted by Crippen LogP contribution is -2.55. The van der Waals surface area contributed by atoms with Gasteiger partial charge in [-0.2, -0.15) is 11.8 Å². The lowest BCUT2D eigenvalue weighted by Gasteiger charge is -2.37. The summed E-state index contributed by atoms with van der Waals surface area (Å²) in [6, 6.07) is 4.79. The SMILES string of the molecule is C#Cc1ccccc1C(C(=O)NC(C)C)N(C(=O)C(CCSC)NC(=O)OC(C)(C)C)C(C)C. The predicted octanol–water partition coefficient (Wildman–Crippen LogP) is 4.12. The molecule has 0 aromatic heterocycles. The molecule has 0 radical (unpaired) electrons. The van der Waals surface area contributed by atoms with Gasteiger partial charge in [0, 0.05) is 17.6 Å². The topological polar surface area (TPSA) is 87.7 Å². The lowest BCUT2D eigenvalue weighted by atomic mass is 9.96. The summed E-state index contributed by atoms with van der Waals surface area (Å²) in [4.78, 5) is 41.4. The van der Waals surface area contributed by atoms with Crippen molar-refractivity contribution in [2.24, 2.45) is 0 Å². The van der Waals surface area contributed by atoms with E-state index >= 15 is 0 Å². The molecule has 0 fully saturated rings. The number of benzene rings is 1. The van der Waals surface area contributed by atoms with Crippen molar-refractivity contribution in [1.82, 2.24) is 15.5 Å². The van der Waals surface area contributed by atoms with Gasteiger partial charge in [-0.15, -0.1) is 6.42 Å². The molecule has 2 atom stereocenters. The first-order chi connectivity index (χ1) is 15.8. The van der Waals surface area contributed by atoms with E-state index in [9.17, 15) is 14.4 Å². The number of thioether (sulfide) groups is 1. The van der Waals surface area contributed by atoms with Crippen LogP contribution in [0.2, 0.25) is 0 Å². The Labute approximate surface area is 208 Å². The zero-order chi connectivity index (χ0) is 26.1. The van der Waals surface area contributed by atoms with Crippen LogP contribution in [0.4, 0.5) is 4.79 Å². The Hall–Kier alpha value is -2.66. The number of hydrogen-bond donors (Lipinski definition) is 2. The molecule has 1 rings (SSSR count). The molecule has 0 bridgehead atoms. The largest absolute Gasteiger partial charge is 0.444 e. The van der Waals surface area contributed by atoms with Crippen LogP contribution in [-0.4, -0.2) is 58.5 Å². The Morgan fingerprint density at radius 2 is 1.74 bits per heavy atom. The van der Waals surface area contributed by atoms with Crippen molar-refractivity contribution in [3.8, 4) is 12.3 Å². The highest BCUT2D eigenvalue weighted by Crippen LogP contribution is 2.28.